The summed E-state index contributed by atoms with van der Waals surface area (Å²) in [7, 11) is 0. The van der Waals surface area contributed by atoms with Crippen molar-refractivity contribution in [3.05, 3.63) is 90.0 Å². The van der Waals surface area contributed by atoms with E-state index in [9.17, 15) is 5.11 Å². The van der Waals surface area contributed by atoms with Gasteiger partial charge in [-0.3, -0.25) is 5.84 Å². The predicted molar refractivity (Wildman–Crippen MR) is 93.4 cm³/mol. The molecule has 3 rings (SSSR count). The molecule has 0 aromatic heterocycles. The fraction of sp³-hybridized carbons (Fsp3) is 0.100. The van der Waals surface area contributed by atoms with Gasteiger partial charge in [0.25, 0.3) is 0 Å². The van der Waals surface area contributed by atoms with Crippen LogP contribution in [0.15, 0.2) is 78.9 Å². The van der Waals surface area contributed by atoms with E-state index in [1.807, 2.05) is 54.6 Å². The van der Waals surface area contributed by atoms with E-state index in [1.165, 1.54) is 5.56 Å². The number of para-hydroxylation sites is 1. The minimum Gasteiger partial charge on any atom is -0.507 e. The van der Waals surface area contributed by atoms with E-state index < -0.39 is 0 Å². The van der Waals surface area contributed by atoms with Crippen LogP contribution >= 0.6 is 0 Å². The van der Waals surface area contributed by atoms with E-state index in [-0.39, 0.29) is 0 Å². The van der Waals surface area contributed by atoms with Gasteiger partial charge in [-0.25, -0.2) is 5.01 Å². The molecule has 0 fully saturated rings. The van der Waals surface area contributed by atoms with Crippen LogP contribution in [-0.4, -0.2) is 10.1 Å². The van der Waals surface area contributed by atoms with Crippen molar-refractivity contribution in [2.75, 3.05) is 0 Å². The molecule has 0 heterocycles. The number of hydrazine groups is 1. The summed E-state index contributed by atoms with van der Waals surface area (Å²) in [5.74, 6) is 6.43. The lowest BCUT2D eigenvalue weighted by Crippen LogP contribution is -2.29. The zero-order valence-corrected chi connectivity index (χ0v) is 12.9. The lowest BCUT2D eigenvalue weighted by atomic mass is 10.0. The summed E-state index contributed by atoms with van der Waals surface area (Å²) in [6.07, 6.45) is 0. The van der Waals surface area contributed by atoms with Gasteiger partial charge in [-0.1, -0.05) is 66.7 Å². The standard InChI is InChI=1S/C20H20N2O/c21-22(14-16-7-2-1-3-8-16)15-17-9-6-10-18(13-17)19-11-4-5-12-20(19)23/h1-13,23H,14-15,21H2. The van der Waals surface area contributed by atoms with Gasteiger partial charge in [0.1, 0.15) is 5.75 Å². The minimum absolute atomic E-state index is 0.290. The van der Waals surface area contributed by atoms with Crippen LogP contribution in [0.25, 0.3) is 11.1 Å². The van der Waals surface area contributed by atoms with Gasteiger partial charge in [0.2, 0.25) is 0 Å². The first kappa shape index (κ1) is 15.3. The smallest absolute Gasteiger partial charge is 0.123 e. The van der Waals surface area contributed by atoms with Crippen molar-refractivity contribution in [2.24, 2.45) is 5.84 Å². The summed E-state index contributed by atoms with van der Waals surface area (Å²) in [6.45, 7) is 1.35. The first-order chi connectivity index (χ1) is 11.2. The number of nitrogens with two attached hydrogens (primary N) is 1. The zero-order valence-electron chi connectivity index (χ0n) is 12.9. The van der Waals surface area contributed by atoms with Gasteiger partial charge in [0.15, 0.2) is 0 Å². The Kier molecular flexibility index (Phi) is 4.71. The zero-order chi connectivity index (χ0) is 16.1. The highest BCUT2D eigenvalue weighted by Gasteiger charge is 2.06. The molecule has 0 saturated heterocycles. The number of rotatable bonds is 5. The van der Waals surface area contributed by atoms with Crippen LogP contribution in [0.3, 0.4) is 0 Å². The highest BCUT2D eigenvalue weighted by atomic mass is 16.3. The molecule has 3 aromatic carbocycles. The maximum Gasteiger partial charge on any atom is 0.123 e. The van der Waals surface area contributed by atoms with Crippen LogP contribution in [0.4, 0.5) is 0 Å². The number of aromatic hydroxyl groups is 1. The van der Waals surface area contributed by atoms with Gasteiger partial charge in [-0.05, 0) is 28.8 Å². The summed E-state index contributed by atoms with van der Waals surface area (Å²) < 4.78 is 0. The van der Waals surface area contributed by atoms with Crippen molar-refractivity contribution in [1.82, 2.24) is 5.01 Å². The van der Waals surface area contributed by atoms with Crippen LogP contribution in [0, 0.1) is 0 Å². The molecule has 23 heavy (non-hydrogen) atoms. The van der Waals surface area contributed by atoms with E-state index >= 15 is 0 Å². The highest BCUT2D eigenvalue weighted by molar-refractivity contribution is 5.70. The first-order valence-corrected chi connectivity index (χ1v) is 7.63. The molecule has 0 unspecified atom stereocenters. The second-order valence-corrected chi connectivity index (χ2v) is 5.61. The Bertz CT molecular complexity index is 771. The average Bonchev–Trinajstić information content (AvgIpc) is 2.56. The Morgan fingerprint density at radius 2 is 1.39 bits per heavy atom. The summed E-state index contributed by atoms with van der Waals surface area (Å²) in [6, 6.07) is 25.6. The molecule has 0 aliphatic rings. The SMILES string of the molecule is NN(Cc1ccccc1)Cc1cccc(-c2ccccc2O)c1. The Morgan fingerprint density at radius 1 is 0.739 bits per heavy atom. The molecule has 116 valence electrons. The molecular formula is C20H20N2O. The fourth-order valence-corrected chi connectivity index (χ4v) is 2.66. The minimum atomic E-state index is 0.290. The van der Waals surface area contributed by atoms with Crippen molar-refractivity contribution in [3.63, 3.8) is 0 Å². The summed E-state index contributed by atoms with van der Waals surface area (Å²) in [5.41, 5.74) is 4.13. The Morgan fingerprint density at radius 3 is 2.17 bits per heavy atom. The van der Waals surface area contributed by atoms with Gasteiger partial charge in [0.05, 0.1) is 0 Å². The topological polar surface area (TPSA) is 49.5 Å². The number of hydrogen-bond donors (Lipinski definition) is 2. The number of phenols is 1. The largest absolute Gasteiger partial charge is 0.507 e. The summed E-state index contributed by atoms with van der Waals surface area (Å²) in [4.78, 5) is 0. The molecule has 0 atom stereocenters. The van der Waals surface area contributed by atoms with Crippen LogP contribution in [0.1, 0.15) is 11.1 Å². The van der Waals surface area contributed by atoms with E-state index in [0.717, 1.165) is 16.7 Å². The second-order valence-electron chi connectivity index (χ2n) is 5.61. The molecule has 3 nitrogen and oxygen atoms in total. The highest BCUT2D eigenvalue weighted by Crippen LogP contribution is 2.29. The lowest BCUT2D eigenvalue weighted by Gasteiger charge is -2.17. The summed E-state index contributed by atoms with van der Waals surface area (Å²) >= 11 is 0. The van der Waals surface area contributed by atoms with Gasteiger partial charge >= 0.3 is 0 Å². The monoisotopic (exact) mass is 304 g/mol. The van der Waals surface area contributed by atoms with Crippen LogP contribution < -0.4 is 5.84 Å². The van der Waals surface area contributed by atoms with Crippen LogP contribution in [-0.2, 0) is 13.1 Å². The van der Waals surface area contributed by atoms with E-state index in [4.69, 9.17) is 5.84 Å². The third-order valence-electron chi connectivity index (χ3n) is 3.76. The Balaban J connectivity index is 1.74. The molecule has 0 aliphatic carbocycles. The number of phenolic OH excluding ortho intramolecular Hbond substituents is 1. The van der Waals surface area contributed by atoms with Gasteiger partial charge in [-0.2, -0.15) is 0 Å². The molecule has 3 aromatic rings. The molecule has 0 radical (unpaired) electrons. The molecular weight excluding hydrogens is 284 g/mol. The van der Waals surface area contributed by atoms with Gasteiger partial charge < -0.3 is 5.11 Å². The van der Waals surface area contributed by atoms with Gasteiger partial charge in [-0.15, -0.1) is 0 Å². The second kappa shape index (κ2) is 7.09. The third-order valence-corrected chi connectivity index (χ3v) is 3.76. The van der Waals surface area contributed by atoms with Crippen molar-refractivity contribution in [1.29, 1.82) is 0 Å². The number of nitrogens with zero attached hydrogens (tertiary/aromatic N) is 1. The lowest BCUT2D eigenvalue weighted by molar-refractivity contribution is 0.266. The third kappa shape index (κ3) is 3.97. The first-order valence-electron chi connectivity index (χ1n) is 7.63. The van der Waals surface area contributed by atoms with E-state index in [0.29, 0.717) is 18.8 Å². The number of hydrogen-bond acceptors (Lipinski definition) is 3. The molecule has 0 bridgehead atoms. The molecule has 0 spiro atoms. The van der Waals surface area contributed by atoms with Crippen molar-refractivity contribution < 1.29 is 5.11 Å². The predicted octanol–water partition coefficient (Wildman–Crippen LogP) is 3.94. The maximum atomic E-state index is 10.00. The average molecular weight is 304 g/mol. The van der Waals surface area contributed by atoms with Crippen molar-refractivity contribution in [2.45, 2.75) is 13.1 Å². The van der Waals surface area contributed by atoms with Crippen LogP contribution in [0.5, 0.6) is 5.75 Å². The van der Waals surface area contributed by atoms with Gasteiger partial charge in [0, 0.05) is 18.7 Å². The van der Waals surface area contributed by atoms with Crippen molar-refractivity contribution >= 4 is 0 Å². The summed E-state index contributed by atoms with van der Waals surface area (Å²) in [5, 5.41) is 11.8. The normalized spacial score (nSPS) is 10.9. The Hall–Kier alpha value is -2.62. The van der Waals surface area contributed by atoms with E-state index in [2.05, 4.69) is 18.2 Å². The molecule has 0 aliphatic heterocycles. The quantitative estimate of drug-likeness (QED) is 0.554. The number of benzene rings is 3. The fourth-order valence-electron chi connectivity index (χ4n) is 2.66. The van der Waals surface area contributed by atoms with E-state index in [1.54, 1.807) is 11.1 Å². The maximum absolute atomic E-state index is 10.00. The molecule has 0 amide bonds. The van der Waals surface area contributed by atoms with Crippen LogP contribution in [0.2, 0.25) is 0 Å². The Labute approximate surface area is 136 Å². The molecule has 3 heteroatoms. The van der Waals surface area contributed by atoms with Crippen molar-refractivity contribution in [3.8, 4) is 16.9 Å². The molecule has 0 saturated carbocycles. The molecule has 3 N–H and O–H groups in total.